The number of hydrogen-bond acceptors (Lipinski definition) is 13. The summed E-state index contributed by atoms with van der Waals surface area (Å²) in [6, 6.07) is 15.6. The van der Waals surface area contributed by atoms with Gasteiger partial charge in [0, 0.05) is 50.1 Å². The molecular weight excluding hydrogens is 931 g/mol. The number of ether oxygens (including phenoxy) is 7. The molecule has 0 bridgehead atoms. The summed E-state index contributed by atoms with van der Waals surface area (Å²) in [5.41, 5.74) is 3.72. The summed E-state index contributed by atoms with van der Waals surface area (Å²) in [6.45, 7) is 9.17. The van der Waals surface area contributed by atoms with Gasteiger partial charge in [0.05, 0.1) is 38.1 Å². The predicted octanol–water partition coefficient (Wildman–Crippen LogP) is 11.6. The third-order valence-electron chi connectivity index (χ3n) is 14.8. The summed E-state index contributed by atoms with van der Waals surface area (Å²) in [5, 5.41) is 27.8. The molecule has 6 atom stereocenters. The maximum absolute atomic E-state index is 15.3. The molecule has 2 heterocycles. The molecule has 7 rings (SSSR count). The van der Waals surface area contributed by atoms with Crippen molar-refractivity contribution in [3.63, 3.8) is 0 Å². The van der Waals surface area contributed by atoms with Crippen LogP contribution in [0.4, 0.5) is 10.5 Å². The number of hydrogen-bond donors (Lipinski definition) is 3. The second-order valence-electron chi connectivity index (χ2n) is 19.6. The lowest BCUT2D eigenvalue weighted by atomic mass is 9.55. The molecule has 4 aliphatic rings. The molecule has 1 fully saturated rings. The number of oxime groups is 1. The lowest BCUT2D eigenvalue weighted by Gasteiger charge is -2.60. The molecule has 15 nitrogen and oxygen atoms in total. The molecule has 2 aliphatic heterocycles. The van der Waals surface area contributed by atoms with Gasteiger partial charge in [-0.1, -0.05) is 94.5 Å². The number of benzene rings is 3. The van der Waals surface area contributed by atoms with Crippen LogP contribution in [0.5, 0.6) is 34.5 Å². The van der Waals surface area contributed by atoms with Gasteiger partial charge in [-0.3, -0.25) is 10.1 Å². The smallest absolute Gasteiger partial charge is 0.417 e. The highest BCUT2D eigenvalue weighted by Crippen LogP contribution is 2.62. The van der Waals surface area contributed by atoms with Crippen molar-refractivity contribution >= 4 is 23.4 Å². The van der Waals surface area contributed by atoms with Crippen molar-refractivity contribution in [2.24, 2.45) is 22.9 Å². The third-order valence-corrected chi connectivity index (χ3v) is 14.8. The zero-order valence-corrected chi connectivity index (χ0v) is 43.6. The molecular formula is C58H79N3O12. The molecule has 398 valence electrons. The minimum absolute atomic E-state index is 0.0151. The lowest BCUT2D eigenvalue weighted by Crippen LogP contribution is -2.70. The lowest BCUT2D eigenvalue weighted by molar-refractivity contribution is -0.258. The molecule has 1 saturated carbocycles. The van der Waals surface area contributed by atoms with Crippen LogP contribution in [0.25, 0.3) is 0 Å². The van der Waals surface area contributed by atoms with Crippen LogP contribution in [0.1, 0.15) is 140 Å². The van der Waals surface area contributed by atoms with Crippen LogP contribution in [0.3, 0.4) is 0 Å². The zero-order valence-electron chi connectivity index (χ0n) is 43.6. The zero-order chi connectivity index (χ0) is 51.6. The fourth-order valence-electron chi connectivity index (χ4n) is 11.3. The SMILES string of the molecule is C=CCOC12Oc3ccc(OC(=O)Nc4ccc(OC)cc4OC)cc3C3C(CCCCO)C(CCCCO)C=C(C(=NOCC)CC1N(Cc1ccc4c(c1)OCO4)C(=O)CCCCCCCCCCC)C32. The van der Waals surface area contributed by atoms with Crippen molar-refractivity contribution in [2.75, 3.05) is 52.8 Å². The van der Waals surface area contributed by atoms with Crippen molar-refractivity contribution < 1.29 is 57.8 Å². The van der Waals surface area contributed by atoms with Crippen LogP contribution in [0.2, 0.25) is 0 Å². The highest BCUT2D eigenvalue weighted by Gasteiger charge is 2.65. The van der Waals surface area contributed by atoms with Gasteiger partial charge in [-0.15, -0.1) is 6.58 Å². The Hall–Kier alpha value is -5.77. The van der Waals surface area contributed by atoms with Crippen LogP contribution >= 0.6 is 0 Å². The molecule has 0 saturated heterocycles. The van der Waals surface area contributed by atoms with Gasteiger partial charge in [-0.25, -0.2) is 4.79 Å². The van der Waals surface area contributed by atoms with Crippen molar-refractivity contribution in [1.82, 2.24) is 4.90 Å². The van der Waals surface area contributed by atoms with E-state index >= 15 is 4.79 Å². The normalized spacial score (nSPS) is 21.8. The first-order valence-electron chi connectivity index (χ1n) is 26.8. The number of anilines is 1. The number of nitrogens with zero attached hydrogens (tertiary/aromatic N) is 2. The predicted molar refractivity (Wildman–Crippen MR) is 281 cm³/mol. The molecule has 0 aromatic heterocycles. The quantitative estimate of drug-likeness (QED) is 0.0328. The number of allylic oxidation sites excluding steroid dienone is 1. The highest BCUT2D eigenvalue weighted by atomic mass is 16.7. The molecule has 3 N–H and O–H groups in total. The highest BCUT2D eigenvalue weighted by molar-refractivity contribution is 6.03. The Morgan fingerprint density at radius 1 is 0.836 bits per heavy atom. The number of carbonyl (C=O) groups excluding carboxylic acids is 2. The molecule has 0 spiro atoms. The number of rotatable bonds is 30. The van der Waals surface area contributed by atoms with Crippen LogP contribution < -0.4 is 33.7 Å². The molecule has 6 unspecified atom stereocenters. The van der Waals surface area contributed by atoms with Gasteiger partial charge in [0.1, 0.15) is 35.6 Å². The second-order valence-corrected chi connectivity index (χ2v) is 19.6. The van der Waals surface area contributed by atoms with E-state index in [1.807, 2.05) is 42.2 Å². The Bertz CT molecular complexity index is 2350. The summed E-state index contributed by atoms with van der Waals surface area (Å²) in [5.74, 6) is 0.707. The van der Waals surface area contributed by atoms with E-state index in [4.69, 9.17) is 43.2 Å². The number of unbranched alkanes of at least 4 members (excludes halogenated alkanes) is 10. The van der Waals surface area contributed by atoms with E-state index < -0.39 is 23.8 Å². The average molecular weight is 1010 g/mol. The number of methoxy groups -OCH3 is 2. The van der Waals surface area contributed by atoms with Crippen LogP contribution in [0.15, 0.2) is 84.1 Å². The van der Waals surface area contributed by atoms with Crippen LogP contribution in [-0.4, -0.2) is 92.1 Å². The van der Waals surface area contributed by atoms with Gasteiger partial charge < -0.3 is 53.1 Å². The number of fused-ring (bicyclic) bond motifs is 3. The molecule has 73 heavy (non-hydrogen) atoms. The number of carbonyl (C=O) groups is 2. The number of aliphatic hydroxyl groups is 2. The maximum Gasteiger partial charge on any atom is 0.417 e. The Balaban J connectivity index is 1.34. The van der Waals surface area contributed by atoms with Gasteiger partial charge in [0.15, 0.2) is 11.5 Å². The molecule has 2 aliphatic carbocycles. The number of aliphatic hydroxyl groups excluding tert-OH is 2. The average Bonchev–Trinajstić information content (AvgIpc) is 3.88. The standard InChI is InChI=1S/C58H79N3O12/c1-6-9-10-11-12-13-14-15-16-23-54(64)61(38-40-24-28-50-52(33-40)69-39-68-50)53-37-48(60-71-8-3)45-34-41(21-17-19-30-62)44(22-18-20-31-63)55-46-35-43(26-29-49(46)73-58(53,56(45)55)70-32-7-2)72-57(65)59-47-27-25-42(66-4)36-51(47)67-5/h7,24-29,33-36,41,44,53,55-56,62-63H,2,6,8-23,30-32,37-39H2,1,3-5H3,(H,59,65). The minimum Gasteiger partial charge on any atom is -0.497 e. The summed E-state index contributed by atoms with van der Waals surface area (Å²) < 4.78 is 43.2. The summed E-state index contributed by atoms with van der Waals surface area (Å²) in [7, 11) is 3.07. The van der Waals surface area contributed by atoms with Crippen molar-refractivity contribution in [1.29, 1.82) is 0 Å². The maximum atomic E-state index is 15.3. The van der Waals surface area contributed by atoms with Gasteiger partial charge in [0.25, 0.3) is 0 Å². The van der Waals surface area contributed by atoms with E-state index in [2.05, 4.69) is 24.9 Å². The first-order valence-corrected chi connectivity index (χ1v) is 26.8. The fourth-order valence-corrected chi connectivity index (χ4v) is 11.3. The van der Waals surface area contributed by atoms with Crippen LogP contribution in [0, 0.1) is 17.8 Å². The van der Waals surface area contributed by atoms with Crippen molar-refractivity contribution in [3.8, 4) is 34.5 Å². The van der Waals surface area contributed by atoms with Crippen molar-refractivity contribution in [2.45, 2.75) is 147 Å². The summed E-state index contributed by atoms with van der Waals surface area (Å²) in [4.78, 5) is 37.0. The van der Waals surface area contributed by atoms with E-state index in [0.717, 1.165) is 68.1 Å². The Kier molecular flexibility index (Phi) is 20.7. The van der Waals surface area contributed by atoms with Gasteiger partial charge in [-0.05, 0) is 104 Å². The van der Waals surface area contributed by atoms with Crippen LogP contribution in [-0.2, 0) is 20.9 Å². The monoisotopic (exact) mass is 1010 g/mol. The fraction of sp³-hybridized carbons (Fsp3) is 0.569. The topological polar surface area (TPSA) is 176 Å². The Morgan fingerprint density at radius 3 is 2.29 bits per heavy atom. The first-order chi connectivity index (χ1) is 35.7. The van der Waals surface area contributed by atoms with E-state index in [-0.39, 0.29) is 63.2 Å². The van der Waals surface area contributed by atoms with E-state index in [9.17, 15) is 15.0 Å². The third kappa shape index (κ3) is 13.5. The van der Waals surface area contributed by atoms with Gasteiger partial charge >= 0.3 is 6.09 Å². The first kappa shape index (κ1) is 55.0. The Labute approximate surface area is 432 Å². The molecule has 3 aromatic carbocycles. The Morgan fingerprint density at radius 2 is 1.56 bits per heavy atom. The summed E-state index contributed by atoms with van der Waals surface area (Å²) >= 11 is 0. The minimum atomic E-state index is -1.47. The van der Waals surface area contributed by atoms with Gasteiger partial charge in [-0.2, -0.15) is 0 Å². The second kappa shape index (κ2) is 27.5. The molecule has 0 radical (unpaired) electrons. The number of amides is 2. The van der Waals surface area contributed by atoms with Gasteiger partial charge in [0.2, 0.25) is 18.5 Å². The largest absolute Gasteiger partial charge is 0.497 e. The van der Waals surface area contributed by atoms with E-state index in [1.54, 1.807) is 37.5 Å². The van der Waals surface area contributed by atoms with Crippen molar-refractivity contribution in [3.05, 3.63) is 90.0 Å². The molecule has 3 aromatic rings. The molecule has 15 heteroatoms. The molecule has 2 amide bonds. The van der Waals surface area contributed by atoms with E-state index in [0.29, 0.717) is 71.8 Å². The summed E-state index contributed by atoms with van der Waals surface area (Å²) in [6.07, 6.45) is 18.4. The van der Waals surface area contributed by atoms with E-state index in [1.165, 1.54) is 39.2 Å². The number of nitrogens with one attached hydrogen (secondary N) is 1.